The molecule has 2 atom stereocenters. The predicted octanol–water partition coefficient (Wildman–Crippen LogP) is 1.68. The SMILES string of the molecule is C=CCNC(=O)C12CCC(CC1=O)C2(C)C. The van der Waals surface area contributed by atoms with Gasteiger partial charge in [-0.2, -0.15) is 0 Å². The monoisotopic (exact) mass is 221 g/mol. The minimum Gasteiger partial charge on any atom is -0.352 e. The third kappa shape index (κ3) is 1.14. The van der Waals surface area contributed by atoms with Crippen LogP contribution in [0.25, 0.3) is 0 Å². The first-order valence-electron chi connectivity index (χ1n) is 5.89. The van der Waals surface area contributed by atoms with Crippen LogP contribution in [0.1, 0.15) is 33.1 Å². The standard InChI is InChI=1S/C13H19NO2/c1-4-7-14-11(16)13-6-5-9(8-10(13)15)12(13,2)3/h4,9H,1,5-8H2,2-3H3,(H,14,16). The molecule has 88 valence electrons. The second-order valence-electron chi connectivity index (χ2n) is 5.49. The van der Waals surface area contributed by atoms with E-state index in [1.54, 1.807) is 6.08 Å². The average molecular weight is 221 g/mol. The Morgan fingerprint density at radius 1 is 1.62 bits per heavy atom. The summed E-state index contributed by atoms with van der Waals surface area (Å²) < 4.78 is 0. The molecule has 0 aromatic carbocycles. The smallest absolute Gasteiger partial charge is 0.234 e. The van der Waals surface area contributed by atoms with Crippen LogP contribution in [0.15, 0.2) is 12.7 Å². The second-order valence-corrected chi connectivity index (χ2v) is 5.49. The molecular formula is C13H19NO2. The maximum Gasteiger partial charge on any atom is 0.234 e. The largest absolute Gasteiger partial charge is 0.352 e. The summed E-state index contributed by atoms with van der Waals surface area (Å²) >= 11 is 0. The van der Waals surface area contributed by atoms with Crippen LogP contribution in [0.5, 0.6) is 0 Å². The van der Waals surface area contributed by atoms with Crippen LogP contribution in [-0.2, 0) is 9.59 Å². The summed E-state index contributed by atoms with van der Waals surface area (Å²) in [7, 11) is 0. The molecule has 1 N–H and O–H groups in total. The maximum absolute atomic E-state index is 12.2. The Hall–Kier alpha value is -1.12. The van der Waals surface area contributed by atoms with Gasteiger partial charge in [0.1, 0.15) is 11.2 Å². The first kappa shape index (κ1) is 11.4. The van der Waals surface area contributed by atoms with Gasteiger partial charge >= 0.3 is 0 Å². The fraction of sp³-hybridized carbons (Fsp3) is 0.692. The third-order valence-corrected chi connectivity index (χ3v) is 4.69. The van der Waals surface area contributed by atoms with Crippen molar-refractivity contribution in [2.45, 2.75) is 33.1 Å². The first-order chi connectivity index (χ1) is 7.46. The van der Waals surface area contributed by atoms with Crippen LogP contribution in [0, 0.1) is 16.7 Å². The summed E-state index contributed by atoms with van der Waals surface area (Å²) in [5.41, 5.74) is -0.948. The molecule has 2 fully saturated rings. The van der Waals surface area contributed by atoms with Crippen LogP contribution < -0.4 is 5.32 Å². The van der Waals surface area contributed by atoms with Crippen molar-refractivity contribution in [3.8, 4) is 0 Å². The maximum atomic E-state index is 12.2. The second kappa shape index (κ2) is 3.44. The minimum atomic E-state index is -0.763. The van der Waals surface area contributed by atoms with Crippen molar-refractivity contribution >= 4 is 11.7 Å². The summed E-state index contributed by atoms with van der Waals surface area (Å²) in [6.07, 6.45) is 3.94. The molecule has 3 nitrogen and oxygen atoms in total. The molecule has 1 amide bonds. The molecule has 16 heavy (non-hydrogen) atoms. The molecule has 0 radical (unpaired) electrons. The first-order valence-corrected chi connectivity index (χ1v) is 5.89. The van der Waals surface area contributed by atoms with Gasteiger partial charge in [0.15, 0.2) is 0 Å². The molecule has 0 aromatic heterocycles. The topological polar surface area (TPSA) is 46.2 Å². The Balaban J connectivity index is 2.31. The van der Waals surface area contributed by atoms with Gasteiger partial charge in [-0.1, -0.05) is 19.9 Å². The molecule has 0 aromatic rings. The molecule has 0 aliphatic heterocycles. The van der Waals surface area contributed by atoms with Gasteiger partial charge in [0, 0.05) is 13.0 Å². The average Bonchev–Trinajstić information content (AvgIpc) is 2.59. The molecule has 0 heterocycles. The van der Waals surface area contributed by atoms with E-state index in [0.717, 1.165) is 6.42 Å². The van der Waals surface area contributed by atoms with Gasteiger partial charge in [0.2, 0.25) is 5.91 Å². The highest BCUT2D eigenvalue weighted by molar-refractivity contribution is 6.09. The highest BCUT2D eigenvalue weighted by Gasteiger charge is 2.67. The molecule has 2 aliphatic rings. The molecule has 2 rings (SSSR count). The lowest BCUT2D eigenvalue weighted by atomic mass is 9.68. The van der Waals surface area contributed by atoms with Crippen LogP contribution in [0.4, 0.5) is 0 Å². The van der Waals surface area contributed by atoms with E-state index >= 15 is 0 Å². The summed E-state index contributed by atoms with van der Waals surface area (Å²) in [5, 5.41) is 2.80. The molecule has 2 saturated carbocycles. The van der Waals surface area contributed by atoms with Crippen molar-refractivity contribution in [1.82, 2.24) is 5.32 Å². The van der Waals surface area contributed by atoms with E-state index in [-0.39, 0.29) is 17.1 Å². The van der Waals surface area contributed by atoms with Crippen molar-refractivity contribution in [3.63, 3.8) is 0 Å². The fourth-order valence-electron chi connectivity index (χ4n) is 3.52. The zero-order chi connectivity index (χ0) is 12.0. The third-order valence-electron chi connectivity index (χ3n) is 4.69. The molecule has 3 heteroatoms. The Morgan fingerprint density at radius 3 is 2.75 bits per heavy atom. The van der Waals surface area contributed by atoms with E-state index in [4.69, 9.17) is 0 Å². The van der Waals surface area contributed by atoms with Crippen LogP contribution >= 0.6 is 0 Å². The number of rotatable bonds is 3. The van der Waals surface area contributed by atoms with Gasteiger partial charge in [0.05, 0.1) is 0 Å². The van der Waals surface area contributed by atoms with Crippen molar-refractivity contribution in [2.24, 2.45) is 16.7 Å². The van der Waals surface area contributed by atoms with Gasteiger partial charge in [0.25, 0.3) is 0 Å². The van der Waals surface area contributed by atoms with Gasteiger partial charge in [-0.25, -0.2) is 0 Å². The van der Waals surface area contributed by atoms with Crippen LogP contribution in [-0.4, -0.2) is 18.2 Å². The van der Waals surface area contributed by atoms with Gasteiger partial charge in [-0.15, -0.1) is 6.58 Å². The summed E-state index contributed by atoms with van der Waals surface area (Å²) in [4.78, 5) is 24.3. The van der Waals surface area contributed by atoms with E-state index in [1.165, 1.54) is 0 Å². The highest BCUT2D eigenvalue weighted by Crippen LogP contribution is 2.63. The zero-order valence-electron chi connectivity index (χ0n) is 10.0. The van der Waals surface area contributed by atoms with Gasteiger partial charge < -0.3 is 5.32 Å². The molecule has 2 bridgehead atoms. The van der Waals surface area contributed by atoms with Crippen molar-refractivity contribution in [2.75, 3.05) is 6.54 Å². The molecule has 2 aliphatic carbocycles. The van der Waals surface area contributed by atoms with Gasteiger partial charge in [-0.3, -0.25) is 9.59 Å². The number of nitrogens with one attached hydrogen (secondary N) is 1. The Labute approximate surface area is 96.3 Å². The van der Waals surface area contributed by atoms with Crippen molar-refractivity contribution < 1.29 is 9.59 Å². The normalized spacial score (nSPS) is 35.1. The quantitative estimate of drug-likeness (QED) is 0.582. The summed E-state index contributed by atoms with van der Waals surface area (Å²) in [6, 6.07) is 0. The number of hydrogen-bond donors (Lipinski definition) is 1. The van der Waals surface area contributed by atoms with E-state index < -0.39 is 5.41 Å². The van der Waals surface area contributed by atoms with Crippen molar-refractivity contribution in [1.29, 1.82) is 0 Å². The van der Waals surface area contributed by atoms with E-state index in [9.17, 15) is 9.59 Å². The lowest BCUT2D eigenvalue weighted by molar-refractivity contribution is -0.144. The highest BCUT2D eigenvalue weighted by atomic mass is 16.2. The number of carbonyl (C=O) groups is 2. The summed E-state index contributed by atoms with van der Waals surface area (Å²) in [6.45, 7) is 8.13. The van der Waals surface area contributed by atoms with Crippen molar-refractivity contribution in [3.05, 3.63) is 12.7 Å². The predicted molar refractivity (Wildman–Crippen MR) is 61.8 cm³/mol. The lowest BCUT2D eigenvalue weighted by Crippen LogP contribution is -2.49. The molecule has 0 spiro atoms. The Morgan fingerprint density at radius 2 is 2.31 bits per heavy atom. The van der Waals surface area contributed by atoms with E-state index in [2.05, 4.69) is 25.7 Å². The number of Topliss-reactive ketones (excluding diaryl/α,β-unsaturated/α-hetero) is 1. The van der Waals surface area contributed by atoms with E-state index in [0.29, 0.717) is 25.3 Å². The molecule has 2 unspecified atom stereocenters. The fourth-order valence-corrected chi connectivity index (χ4v) is 3.52. The Bertz CT molecular complexity index is 359. The molecular weight excluding hydrogens is 202 g/mol. The van der Waals surface area contributed by atoms with Crippen LogP contribution in [0.2, 0.25) is 0 Å². The molecule has 0 saturated heterocycles. The zero-order valence-corrected chi connectivity index (χ0v) is 10.0. The van der Waals surface area contributed by atoms with E-state index in [1.807, 2.05) is 0 Å². The number of ketones is 1. The number of hydrogen-bond acceptors (Lipinski definition) is 2. The number of carbonyl (C=O) groups excluding carboxylic acids is 2. The Kier molecular flexibility index (Phi) is 2.44. The summed E-state index contributed by atoms with van der Waals surface area (Å²) in [5.74, 6) is 0.423. The van der Waals surface area contributed by atoms with Crippen LogP contribution in [0.3, 0.4) is 0 Å². The number of amides is 1. The van der Waals surface area contributed by atoms with Gasteiger partial charge in [-0.05, 0) is 24.2 Å². The lowest BCUT2D eigenvalue weighted by Gasteiger charge is -2.34. The number of fused-ring (bicyclic) bond motifs is 2. The minimum absolute atomic E-state index is 0.0950.